The number of hydrogen-bond donors (Lipinski definition) is 1. The van der Waals surface area contributed by atoms with E-state index in [9.17, 15) is 0 Å². The van der Waals surface area contributed by atoms with Crippen molar-refractivity contribution in [3.63, 3.8) is 0 Å². The molecular weight excluding hydrogens is 224 g/mol. The lowest BCUT2D eigenvalue weighted by atomic mass is 9.89. The number of hydrogen-bond acceptors (Lipinski definition) is 3. The Balaban J connectivity index is 3.17. The topological polar surface area (TPSA) is 38.5 Å². The molecular formula is C15H26N2O. The van der Waals surface area contributed by atoms with E-state index in [4.69, 9.17) is 10.5 Å². The van der Waals surface area contributed by atoms with E-state index in [1.807, 2.05) is 0 Å². The number of aryl methyl sites for hydroxylation is 2. The molecule has 0 amide bonds. The van der Waals surface area contributed by atoms with Gasteiger partial charge in [0.05, 0.1) is 7.11 Å². The van der Waals surface area contributed by atoms with Crippen LogP contribution >= 0.6 is 0 Å². The van der Waals surface area contributed by atoms with Crippen LogP contribution in [0.2, 0.25) is 0 Å². The fourth-order valence-corrected chi connectivity index (χ4v) is 2.60. The average Bonchev–Trinajstić information content (AvgIpc) is 2.26. The molecule has 1 unspecified atom stereocenters. The highest BCUT2D eigenvalue weighted by Crippen LogP contribution is 2.33. The van der Waals surface area contributed by atoms with Gasteiger partial charge in [-0.15, -0.1) is 0 Å². The van der Waals surface area contributed by atoms with Gasteiger partial charge < -0.3 is 15.4 Å². The Hall–Kier alpha value is -1.06. The first kappa shape index (κ1) is 15.0. The first-order valence-electron chi connectivity index (χ1n) is 6.49. The average molecular weight is 250 g/mol. The van der Waals surface area contributed by atoms with Crippen molar-refractivity contribution in [2.75, 3.05) is 34.3 Å². The highest BCUT2D eigenvalue weighted by Gasteiger charge is 2.19. The van der Waals surface area contributed by atoms with Crippen LogP contribution < -0.4 is 10.5 Å². The number of likely N-dealkylation sites (N-methyl/N-ethyl adjacent to an activating group) is 1. The highest BCUT2D eigenvalue weighted by molar-refractivity contribution is 5.45. The van der Waals surface area contributed by atoms with Gasteiger partial charge in [-0.25, -0.2) is 0 Å². The van der Waals surface area contributed by atoms with E-state index in [1.165, 1.54) is 16.7 Å². The Bertz CT molecular complexity index is 388. The molecule has 1 atom stereocenters. The van der Waals surface area contributed by atoms with Gasteiger partial charge in [-0.1, -0.05) is 6.07 Å². The summed E-state index contributed by atoms with van der Waals surface area (Å²) in [7, 11) is 5.94. The minimum absolute atomic E-state index is 0.431. The smallest absolute Gasteiger partial charge is 0.122 e. The number of nitrogens with two attached hydrogens (primary N) is 1. The molecule has 2 N–H and O–H groups in total. The van der Waals surface area contributed by atoms with E-state index in [0.29, 0.717) is 12.5 Å². The second kappa shape index (κ2) is 6.76. The summed E-state index contributed by atoms with van der Waals surface area (Å²) in [5, 5.41) is 0. The molecule has 1 aromatic rings. The maximum atomic E-state index is 5.75. The van der Waals surface area contributed by atoms with Gasteiger partial charge in [0, 0.05) is 18.0 Å². The maximum absolute atomic E-state index is 5.75. The number of methoxy groups -OCH3 is 1. The molecule has 0 saturated heterocycles. The number of benzene rings is 1. The fourth-order valence-electron chi connectivity index (χ4n) is 2.60. The first-order valence-corrected chi connectivity index (χ1v) is 6.49. The van der Waals surface area contributed by atoms with Crippen LogP contribution in [0.25, 0.3) is 0 Å². The van der Waals surface area contributed by atoms with Crippen molar-refractivity contribution in [3.8, 4) is 5.75 Å². The predicted octanol–water partition coefficient (Wildman–Crippen LogP) is 2.31. The molecule has 0 aliphatic heterocycles. The zero-order valence-corrected chi connectivity index (χ0v) is 12.3. The Morgan fingerprint density at radius 1 is 1.28 bits per heavy atom. The van der Waals surface area contributed by atoms with Gasteiger partial charge in [0.25, 0.3) is 0 Å². The molecule has 3 nitrogen and oxygen atoms in total. The fraction of sp³-hybridized carbons (Fsp3) is 0.600. The lowest BCUT2D eigenvalue weighted by Crippen LogP contribution is -2.23. The molecule has 1 rings (SSSR count). The van der Waals surface area contributed by atoms with Crippen molar-refractivity contribution in [1.82, 2.24) is 4.90 Å². The van der Waals surface area contributed by atoms with Crippen LogP contribution in [0.5, 0.6) is 5.75 Å². The molecule has 0 radical (unpaired) electrons. The SMILES string of the molecule is COc1cc(C)cc(C)c1C(CCN)CN(C)C. The molecule has 3 heteroatoms. The number of rotatable bonds is 6. The van der Waals surface area contributed by atoms with Crippen LogP contribution in [0.3, 0.4) is 0 Å². The molecule has 1 aromatic carbocycles. The van der Waals surface area contributed by atoms with Crippen LogP contribution in [-0.2, 0) is 0 Å². The molecule has 0 heterocycles. The second-order valence-corrected chi connectivity index (χ2v) is 5.23. The predicted molar refractivity (Wildman–Crippen MR) is 77.4 cm³/mol. The molecule has 0 aliphatic rings. The lowest BCUT2D eigenvalue weighted by Gasteiger charge is -2.25. The normalized spacial score (nSPS) is 12.8. The van der Waals surface area contributed by atoms with Crippen molar-refractivity contribution < 1.29 is 4.74 Å². The summed E-state index contributed by atoms with van der Waals surface area (Å²) >= 11 is 0. The zero-order chi connectivity index (χ0) is 13.7. The summed E-state index contributed by atoms with van der Waals surface area (Å²) in [5.74, 6) is 1.42. The standard InChI is InChI=1S/C15H26N2O/c1-11-8-12(2)15(14(9-11)18-5)13(6-7-16)10-17(3)4/h8-9,13H,6-7,10,16H2,1-5H3. The van der Waals surface area contributed by atoms with E-state index in [1.54, 1.807) is 7.11 Å². The zero-order valence-electron chi connectivity index (χ0n) is 12.3. The summed E-state index contributed by atoms with van der Waals surface area (Å²) in [5.41, 5.74) is 9.60. The molecule has 0 saturated carbocycles. The molecule has 0 fully saturated rings. The van der Waals surface area contributed by atoms with Gasteiger partial charge in [-0.05, 0) is 58.1 Å². The van der Waals surface area contributed by atoms with Crippen molar-refractivity contribution in [2.24, 2.45) is 5.73 Å². The quantitative estimate of drug-likeness (QED) is 0.842. The van der Waals surface area contributed by atoms with Gasteiger partial charge in [0.15, 0.2) is 0 Å². The summed E-state index contributed by atoms with van der Waals surface area (Å²) in [6, 6.07) is 4.33. The minimum atomic E-state index is 0.431. The van der Waals surface area contributed by atoms with E-state index in [0.717, 1.165) is 18.7 Å². The number of nitrogens with zero attached hydrogens (tertiary/aromatic N) is 1. The third kappa shape index (κ3) is 3.72. The van der Waals surface area contributed by atoms with Crippen LogP contribution in [0.1, 0.15) is 29.0 Å². The summed E-state index contributed by atoms with van der Waals surface area (Å²) in [6.07, 6.45) is 0.985. The van der Waals surface area contributed by atoms with Gasteiger partial charge >= 0.3 is 0 Å². The monoisotopic (exact) mass is 250 g/mol. The van der Waals surface area contributed by atoms with Gasteiger partial charge in [-0.3, -0.25) is 0 Å². The van der Waals surface area contributed by atoms with Crippen LogP contribution in [0, 0.1) is 13.8 Å². The summed E-state index contributed by atoms with van der Waals surface area (Å²) < 4.78 is 5.56. The Morgan fingerprint density at radius 2 is 1.94 bits per heavy atom. The van der Waals surface area contributed by atoms with E-state index >= 15 is 0 Å². The largest absolute Gasteiger partial charge is 0.496 e. The minimum Gasteiger partial charge on any atom is -0.496 e. The van der Waals surface area contributed by atoms with Crippen LogP contribution in [-0.4, -0.2) is 39.2 Å². The van der Waals surface area contributed by atoms with Crippen molar-refractivity contribution in [2.45, 2.75) is 26.2 Å². The van der Waals surface area contributed by atoms with Crippen molar-refractivity contribution >= 4 is 0 Å². The van der Waals surface area contributed by atoms with E-state index in [-0.39, 0.29) is 0 Å². The molecule has 0 spiro atoms. The van der Waals surface area contributed by atoms with Gasteiger partial charge in [0.1, 0.15) is 5.75 Å². The molecule has 102 valence electrons. The molecule has 0 aliphatic carbocycles. The Kier molecular flexibility index (Phi) is 5.63. The Morgan fingerprint density at radius 3 is 2.44 bits per heavy atom. The van der Waals surface area contributed by atoms with Gasteiger partial charge in [-0.2, -0.15) is 0 Å². The second-order valence-electron chi connectivity index (χ2n) is 5.23. The highest BCUT2D eigenvalue weighted by atomic mass is 16.5. The summed E-state index contributed by atoms with van der Waals surface area (Å²) in [4.78, 5) is 2.21. The summed E-state index contributed by atoms with van der Waals surface area (Å²) in [6.45, 7) is 5.96. The van der Waals surface area contributed by atoms with Crippen molar-refractivity contribution in [3.05, 3.63) is 28.8 Å². The maximum Gasteiger partial charge on any atom is 0.122 e. The molecule has 0 aromatic heterocycles. The van der Waals surface area contributed by atoms with Crippen LogP contribution in [0.4, 0.5) is 0 Å². The Labute approximate surface area is 111 Å². The number of ether oxygens (including phenoxy) is 1. The van der Waals surface area contributed by atoms with Gasteiger partial charge in [0.2, 0.25) is 0 Å². The lowest BCUT2D eigenvalue weighted by molar-refractivity contribution is 0.351. The first-order chi connectivity index (χ1) is 8.49. The van der Waals surface area contributed by atoms with Crippen LogP contribution in [0.15, 0.2) is 12.1 Å². The van der Waals surface area contributed by atoms with E-state index < -0.39 is 0 Å². The third-order valence-electron chi connectivity index (χ3n) is 3.22. The molecule has 0 bridgehead atoms. The van der Waals surface area contributed by atoms with E-state index in [2.05, 4.69) is 45.0 Å². The molecule has 18 heavy (non-hydrogen) atoms. The van der Waals surface area contributed by atoms with Crippen molar-refractivity contribution in [1.29, 1.82) is 0 Å². The third-order valence-corrected chi connectivity index (χ3v) is 3.22.